The average molecular weight is 516 g/mol. The molecule has 0 spiro atoms. The molecule has 2 aliphatic rings. The van der Waals surface area contributed by atoms with Gasteiger partial charge in [0.15, 0.2) is 0 Å². The average Bonchev–Trinajstić information content (AvgIpc) is 2.92. The van der Waals surface area contributed by atoms with Gasteiger partial charge in [0, 0.05) is 28.8 Å². The van der Waals surface area contributed by atoms with E-state index in [0.29, 0.717) is 43.9 Å². The normalized spacial score (nSPS) is 17.6. The summed E-state index contributed by atoms with van der Waals surface area (Å²) in [5, 5.41) is 11.4. The Hall–Kier alpha value is -4.31. The van der Waals surface area contributed by atoms with Crippen LogP contribution in [0, 0.1) is 18.3 Å². The van der Waals surface area contributed by atoms with Crippen LogP contribution in [0.15, 0.2) is 54.6 Å². The number of amides is 5. The minimum absolute atomic E-state index is 0.214. The Morgan fingerprint density at radius 2 is 1.71 bits per heavy atom. The first-order chi connectivity index (χ1) is 18.4. The van der Waals surface area contributed by atoms with Gasteiger partial charge in [-0.25, -0.2) is 4.79 Å². The number of carbonyl (C=O) groups excluding carboxylic acids is 4. The third-order valence-electron chi connectivity index (χ3n) is 7.27. The zero-order valence-corrected chi connectivity index (χ0v) is 21.0. The van der Waals surface area contributed by atoms with Gasteiger partial charge in [0.2, 0.25) is 11.8 Å². The van der Waals surface area contributed by atoms with Gasteiger partial charge in [0.05, 0.1) is 5.52 Å². The number of pyridine rings is 1. The summed E-state index contributed by atoms with van der Waals surface area (Å²) in [6, 6.07) is 15.7. The van der Waals surface area contributed by atoms with Crippen molar-refractivity contribution in [1.29, 1.82) is 0 Å². The van der Waals surface area contributed by atoms with Gasteiger partial charge in [-0.1, -0.05) is 18.2 Å². The lowest BCUT2D eigenvalue weighted by atomic mass is 9.68. The van der Waals surface area contributed by atoms with E-state index in [1.807, 2.05) is 37.3 Å². The molecule has 4 N–H and O–H groups in total. The molecule has 0 atom stereocenters. The number of rotatable bonds is 7. The van der Waals surface area contributed by atoms with Gasteiger partial charge in [-0.05, 0) is 75.2 Å². The molecular formula is C28H29N5O5. The van der Waals surface area contributed by atoms with Crippen LogP contribution in [0.4, 0.5) is 4.79 Å². The van der Waals surface area contributed by atoms with Crippen LogP contribution in [-0.4, -0.2) is 48.4 Å². The number of barbiturate groups is 1. The third-order valence-corrected chi connectivity index (χ3v) is 7.27. The number of hydrogen-bond donors (Lipinski definition) is 4. The zero-order chi connectivity index (χ0) is 26.7. The van der Waals surface area contributed by atoms with Crippen LogP contribution in [0.1, 0.15) is 34.5 Å². The first-order valence-corrected chi connectivity index (χ1v) is 12.6. The van der Waals surface area contributed by atoms with Gasteiger partial charge in [-0.3, -0.25) is 30.0 Å². The van der Waals surface area contributed by atoms with Crippen molar-refractivity contribution in [2.24, 2.45) is 11.3 Å². The number of hydrogen-bond acceptors (Lipinski definition) is 7. The van der Waals surface area contributed by atoms with Crippen molar-refractivity contribution in [3.63, 3.8) is 0 Å². The van der Waals surface area contributed by atoms with Crippen LogP contribution in [-0.2, 0) is 16.2 Å². The van der Waals surface area contributed by atoms with Crippen molar-refractivity contribution in [3.8, 4) is 5.75 Å². The van der Waals surface area contributed by atoms with Crippen LogP contribution in [0.2, 0.25) is 0 Å². The molecule has 0 bridgehead atoms. The fraction of sp³-hybridized carbons (Fsp3) is 0.321. The molecule has 3 aromatic rings. The number of benzene rings is 2. The van der Waals surface area contributed by atoms with Crippen LogP contribution in [0.25, 0.3) is 10.9 Å². The number of fused-ring (bicyclic) bond motifs is 1. The molecule has 5 rings (SSSR count). The van der Waals surface area contributed by atoms with E-state index in [1.54, 1.807) is 24.3 Å². The molecule has 196 valence electrons. The second-order valence-electron chi connectivity index (χ2n) is 9.67. The van der Waals surface area contributed by atoms with E-state index >= 15 is 0 Å². The number of ether oxygens (including phenoxy) is 1. The largest absolute Gasteiger partial charge is 0.489 e. The van der Waals surface area contributed by atoms with Crippen molar-refractivity contribution in [3.05, 3.63) is 71.4 Å². The fourth-order valence-corrected chi connectivity index (χ4v) is 5.25. The Bertz CT molecular complexity index is 1380. The lowest BCUT2D eigenvalue weighted by Gasteiger charge is -2.41. The predicted octanol–water partition coefficient (Wildman–Crippen LogP) is 2.20. The van der Waals surface area contributed by atoms with Crippen molar-refractivity contribution >= 4 is 34.7 Å². The van der Waals surface area contributed by atoms with Crippen LogP contribution < -0.4 is 26.0 Å². The molecule has 2 aromatic carbocycles. The quantitative estimate of drug-likeness (QED) is 0.354. The number of urea groups is 1. The van der Waals surface area contributed by atoms with E-state index in [0.717, 1.165) is 22.2 Å². The molecule has 10 nitrogen and oxygen atoms in total. The number of aromatic nitrogens is 1. The molecule has 2 fully saturated rings. The predicted molar refractivity (Wildman–Crippen MR) is 139 cm³/mol. The van der Waals surface area contributed by atoms with E-state index in [1.165, 1.54) is 0 Å². The maximum atomic E-state index is 13.0. The van der Waals surface area contributed by atoms with Crippen LogP contribution >= 0.6 is 0 Å². The van der Waals surface area contributed by atoms with Gasteiger partial charge in [-0.2, -0.15) is 0 Å². The molecule has 1 aromatic heterocycles. The zero-order valence-electron chi connectivity index (χ0n) is 21.0. The summed E-state index contributed by atoms with van der Waals surface area (Å²) in [6.07, 6.45) is 1.15. The second kappa shape index (κ2) is 10.6. The maximum absolute atomic E-state index is 13.0. The number of nitrogens with zero attached hydrogens (tertiary/aromatic N) is 1. The summed E-state index contributed by atoms with van der Waals surface area (Å²) >= 11 is 0. The van der Waals surface area contributed by atoms with Gasteiger partial charge in [0.1, 0.15) is 17.8 Å². The van der Waals surface area contributed by atoms with Crippen LogP contribution in [0.5, 0.6) is 5.75 Å². The summed E-state index contributed by atoms with van der Waals surface area (Å²) < 4.78 is 5.98. The minimum atomic E-state index is -1.56. The maximum Gasteiger partial charge on any atom is 0.328 e. The summed E-state index contributed by atoms with van der Waals surface area (Å²) in [5.74, 6) is -1.52. The Labute approximate surface area is 219 Å². The molecule has 0 radical (unpaired) electrons. The lowest BCUT2D eigenvalue weighted by Crippen LogP contribution is -2.68. The molecule has 38 heavy (non-hydrogen) atoms. The van der Waals surface area contributed by atoms with E-state index in [9.17, 15) is 19.2 Å². The first-order valence-electron chi connectivity index (χ1n) is 12.6. The Balaban J connectivity index is 1.26. The molecule has 0 saturated carbocycles. The highest BCUT2D eigenvalue weighted by Crippen LogP contribution is 2.36. The standard InChI is InChI=1S/C28H29N5O5/c1-17-14-19(22-4-2-3-5-23(22)31-17)15-38-21-8-6-18(7-9-21)24(34)30-16-28(20-10-12-29-13-11-20)25(35)32-27(37)33-26(28)36/h2-9,14,20,29H,10-13,15-16H2,1H3,(H,30,34)(H2,32,33,35,36,37). The van der Waals surface area contributed by atoms with Crippen molar-refractivity contribution < 1.29 is 23.9 Å². The lowest BCUT2D eigenvalue weighted by molar-refractivity contribution is -0.148. The SMILES string of the molecule is Cc1cc(COc2ccc(C(=O)NCC3(C4CCNCC4)C(=O)NC(=O)NC3=O)cc2)c2ccccc2n1. The molecular weight excluding hydrogens is 486 g/mol. The molecule has 2 aliphatic heterocycles. The van der Waals surface area contributed by atoms with Gasteiger partial charge < -0.3 is 15.4 Å². The molecule has 0 unspecified atom stereocenters. The van der Waals surface area contributed by atoms with Gasteiger partial charge in [-0.15, -0.1) is 0 Å². The van der Waals surface area contributed by atoms with Crippen molar-refractivity contribution in [2.75, 3.05) is 19.6 Å². The molecule has 5 amide bonds. The Morgan fingerprint density at radius 1 is 1.03 bits per heavy atom. The summed E-state index contributed by atoms with van der Waals surface area (Å²) in [4.78, 5) is 55.1. The van der Waals surface area contributed by atoms with Gasteiger partial charge in [0.25, 0.3) is 5.91 Å². The van der Waals surface area contributed by atoms with E-state index < -0.39 is 29.2 Å². The Kier molecular flexibility index (Phi) is 7.06. The summed E-state index contributed by atoms with van der Waals surface area (Å²) in [6.45, 7) is 3.36. The molecule has 0 aliphatic carbocycles. The van der Waals surface area contributed by atoms with E-state index in [-0.39, 0.29) is 12.5 Å². The molecule has 3 heterocycles. The van der Waals surface area contributed by atoms with Gasteiger partial charge >= 0.3 is 6.03 Å². The summed E-state index contributed by atoms with van der Waals surface area (Å²) in [7, 11) is 0. The number of nitrogens with one attached hydrogen (secondary N) is 4. The second-order valence-corrected chi connectivity index (χ2v) is 9.67. The highest BCUT2D eigenvalue weighted by Gasteiger charge is 2.55. The van der Waals surface area contributed by atoms with E-state index in [4.69, 9.17) is 4.74 Å². The smallest absolute Gasteiger partial charge is 0.328 e. The molecule has 10 heteroatoms. The first kappa shape index (κ1) is 25.3. The number of imide groups is 2. The number of carbonyl (C=O) groups is 4. The third kappa shape index (κ3) is 4.95. The van der Waals surface area contributed by atoms with Crippen LogP contribution in [0.3, 0.4) is 0 Å². The summed E-state index contributed by atoms with van der Waals surface area (Å²) in [5.41, 5.74) is 1.63. The molecule has 2 saturated heterocycles. The number of para-hydroxylation sites is 1. The highest BCUT2D eigenvalue weighted by atomic mass is 16.5. The topological polar surface area (TPSA) is 139 Å². The Morgan fingerprint density at radius 3 is 2.42 bits per heavy atom. The van der Waals surface area contributed by atoms with E-state index in [2.05, 4.69) is 26.3 Å². The number of aryl methyl sites for hydroxylation is 1. The fourth-order valence-electron chi connectivity index (χ4n) is 5.25. The highest BCUT2D eigenvalue weighted by molar-refractivity contribution is 6.19. The van der Waals surface area contributed by atoms with Crippen molar-refractivity contribution in [1.82, 2.24) is 26.3 Å². The monoisotopic (exact) mass is 515 g/mol. The minimum Gasteiger partial charge on any atom is -0.489 e. The number of piperidine rings is 1. The van der Waals surface area contributed by atoms with Crippen molar-refractivity contribution in [2.45, 2.75) is 26.4 Å².